The van der Waals surface area contributed by atoms with Crippen LogP contribution in [0.2, 0.25) is 0 Å². The lowest BCUT2D eigenvalue weighted by atomic mass is 10.1. The summed E-state index contributed by atoms with van der Waals surface area (Å²) in [6.07, 6.45) is -0.190. The van der Waals surface area contributed by atoms with Crippen molar-refractivity contribution in [2.45, 2.75) is 37.3 Å². The van der Waals surface area contributed by atoms with E-state index in [1.54, 1.807) is 18.7 Å². The summed E-state index contributed by atoms with van der Waals surface area (Å²) >= 11 is 0. The second-order valence-corrected chi connectivity index (χ2v) is 11.5. The molecule has 0 saturated carbocycles. The van der Waals surface area contributed by atoms with Gasteiger partial charge in [-0.15, -0.1) is 0 Å². The van der Waals surface area contributed by atoms with Crippen LogP contribution < -0.4 is 19.3 Å². The first-order valence-electron chi connectivity index (χ1n) is 13.5. The Morgan fingerprint density at radius 2 is 1.64 bits per heavy atom. The second kappa shape index (κ2) is 14.4. The number of carbonyl (C=O) groups is 2. The van der Waals surface area contributed by atoms with Crippen LogP contribution >= 0.6 is 0 Å². The number of benzene rings is 2. The molecule has 17 heteroatoms. The van der Waals surface area contributed by atoms with Gasteiger partial charge in [0.2, 0.25) is 5.95 Å². The monoisotopic (exact) mass is 656 g/mol. The highest BCUT2D eigenvalue weighted by Gasteiger charge is 2.48. The molecule has 1 heterocycles. The van der Waals surface area contributed by atoms with Gasteiger partial charge in [-0.1, -0.05) is 12.1 Å². The van der Waals surface area contributed by atoms with Gasteiger partial charge in [0, 0.05) is 33.6 Å². The molecule has 2 N–H and O–H groups in total. The Bertz CT molecular complexity index is 1590. The van der Waals surface area contributed by atoms with E-state index in [0.717, 1.165) is 30.5 Å². The van der Waals surface area contributed by atoms with Crippen LogP contribution in [-0.4, -0.2) is 86.4 Å². The van der Waals surface area contributed by atoms with E-state index < -0.39 is 67.4 Å². The molecule has 0 saturated heterocycles. The molecule has 2 aromatic carbocycles. The standard InChI is InChI=1S/C28H32F4N6O6S/c1-5-37(6-2)26-33-16-23(38(28(31,32)17-29)45(42,43)21-13-9-19(30)10-14-21)24(35-26)34-22(25(39)40)15-18-7-11-20(12-8-18)44-27(41)36(3)4/h7-14,16,22H,5-6,15,17H2,1-4H3,(H,39,40)(H,33,34,35). The van der Waals surface area contributed by atoms with Crippen molar-refractivity contribution in [1.29, 1.82) is 0 Å². The summed E-state index contributed by atoms with van der Waals surface area (Å²) in [4.78, 5) is 34.3. The number of carboxylic acids is 1. The molecule has 12 nitrogen and oxygen atoms in total. The summed E-state index contributed by atoms with van der Waals surface area (Å²) in [6.45, 7) is 1.73. The van der Waals surface area contributed by atoms with E-state index in [2.05, 4.69) is 15.3 Å². The van der Waals surface area contributed by atoms with Crippen molar-refractivity contribution in [1.82, 2.24) is 14.9 Å². The topological polar surface area (TPSA) is 145 Å². The summed E-state index contributed by atoms with van der Waals surface area (Å²) in [7, 11) is -2.32. The summed E-state index contributed by atoms with van der Waals surface area (Å²) < 4.78 is 89.3. The van der Waals surface area contributed by atoms with Crippen LogP contribution in [0.5, 0.6) is 5.75 Å². The van der Waals surface area contributed by atoms with Crippen molar-refractivity contribution >= 4 is 39.5 Å². The number of halogens is 4. The Balaban J connectivity index is 2.12. The van der Waals surface area contributed by atoms with Crippen LogP contribution in [0, 0.1) is 5.82 Å². The Hall–Kier alpha value is -4.67. The highest BCUT2D eigenvalue weighted by atomic mass is 32.2. The number of nitrogens with one attached hydrogen (secondary N) is 1. The van der Waals surface area contributed by atoms with Crippen LogP contribution in [0.25, 0.3) is 0 Å². The molecule has 0 aliphatic heterocycles. The van der Waals surface area contributed by atoms with E-state index in [-0.39, 0.29) is 18.1 Å². The first kappa shape index (κ1) is 34.8. The lowest BCUT2D eigenvalue weighted by Gasteiger charge is -2.32. The number of aliphatic carboxylic acids is 1. The van der Waals surface area contributed by atoms with Gasteiger partial charge in [0.1, 0.15) is 23.3 Å². The molecule has 0 aliphatic rings. The number of amides is 1. The fraction of sp³-hybridized carbons (Fsp3) is 0.357. The fourth-order valence-corrected chi connectivity index (χ4v) is 5.50. The van der Waals surface area contributed by atoms with Gasteiger partial charge in [0.15, 0.2) is 12.5 Å². The largest absolute Gasteiger partial charge is 0.480 e. The zero-order chi connectivity index (χ0) is 33.5. The number of nitrogens with zero attached hydrogens (tertiary/aromatic N) is 5. The van der Waals surface area contributed by atoms with Gasteiger partial charge in [-0.2, -0.15) is 18.1 Å². The first-order valence-corrected chi connectivity index (χ1v) is 14.9. The van der Waals surface area contributed by atoms with Gasteiger partial charge in [-0.05, 0) is 55.8 Å². The summed E-state index contributed by atoms with van der Waals surface area (Å²) in [5.41, 5.74) is -0.543. The molecular formula is C28H32F4N6O6S. The molecule has 1 unspecified atom stereocenters. The third-order valence-corrected chi connectivity index (χ3v) is 8.19. The van der Waals surface area contributed by atoms with Crippen molar-refractivity contribution in [2.24, 2.45) is 0 Å². The van der Waals surface area contributed by atoms with Gasteiger partial charge < -0.3 is 25.0 Å². The van der Waals surface area contributed by atoms with E-state index in [9.17, 15) is 31.9 Å². The number of anilines is 3. The normalized spacial score (nSPS) is 12.3. The molecule has 3 rings (SSSR count). The van der Waals surface area contributed by atoms with E-state index in [4.69, 9.17) is 4.74 Å². The Labute approximate surface area is 257 Å². The maximum Gasteiger partial charge on any atom is 0.414 e. The summed E-state index contributed by atoms with van der Waals surface area (Å²) in [6, 6.07) is 2.42. The molecular weight excluding hydrogens is 624 g/mol. The Morgan fingerprint density at radius 1 is 1.04 bits per heavy atom. The van der Waals surface area contributed by atoms with Crippen molar-refractivity contribution < 1.29 is 45.4 Å². The predicted molar refractivity (Wildman–Crippen MR) is 157 cm³/mol. The minimum atomic E-state index is -5.29. The molecule has 0 radical (unpaired) electrons. The molecule has 0 aliphatic carbocycles. The van der Waals surface area contributed by atoms with Gasteiger partial charge in [-0.3, -0.25) is 0 Å². The summed E-state index contributed by atoms with van der Waals surface area (Å²) in [5.74, 6) is -2.83. The quantitative estimate of drug-likeness (QED) is 0.189. The molecule has 1 aromatic heterocycles. The number of hydrogen-bond donors (Lipinski definition) is 2. The minimum absolute atomic E-state index is 0.0508. The fourth-order valence-electron chi connectivity index (χ4n) is 4.01. The highest BCUT2D eigenvalue weighted by Crippen LogP contribution is 2.38. The molecule has 0 bridgehead atoms. The van der Waals surface area contributed by atoms with Crippen molar-refractivity contribution in [2.75, 3.05) is 48.4 Å². The second-order valence-electron chi connectivity index (χ2n) is 9.74. The average molecular weight is 657 g/mol. The van der Waals surface area contributed by atoms with Gasteiger partial charge in [0.25, 0.3) is 10.0 Å². The van der Waals surface area contributed by atoms with Gasteiger partial charge in [0.05, 0.1) is 11.1 Å². The number of aromatic nitrogens is 2. The van der Waals surface area contributed by atoms with E-state index >= 15 is 8.78 Å². The highest BCUT2D eigenvalue weighted by molar-refractivity contribution is 7.93. The number of rotatable bonds is 14. The average Bonchev–Trinajstić information content (AvgIpc) is 2.99. The summed E-state index contributed by atoms with van der Waals surface area (Å²) in [5, 5.41) is 12.6. The predicted octanol–water partition coefficient (Wildman–Crippen LogP) is 4.39. The van der Waals surface area contributed by atoms with E-state index in [1.807, 2.05) is 0 Å². The molecule has 1 amide bonds. The van der Waals surface area contributed by atoms with Crippen LogP contribution in [0.15, 0.2) is 59.6 Å². The number of hydrogen-bond acceptors (Lipinski definition) is 9. The maximum absolute atomic E-state index is 15.2. The zero-order valence-electron chi connectivity index (χ0n) is 24.7. The SMILES string of the molecule is CCN(CC)c1ncc(N(C(F)(F)CF)S(=O)(=O)c2ccc(F)cc2)c(NC(Cc2ccc(OC(=O)N(C)C)cc2)C(=O)O)n1. The number of carboxylic acid groups (broad SMARTS) is 1. The molecule has 244 valence electrons. The van der Waals surface area contributed by atoms with Crippen molar-refractivity contribution in [3.63, 3.8) is 0 Å². The lowest BCUT2D eigenvalue weighted by molar-refractivity contribution is -0.137. The third-order valence-electron chi connectivity index (χ3n) is 6.37. The number of carbonyl (C=O) groups excluding carboxylic acids is 1. The third kappa shape index (κ3) is 8.29. The zero-order valence-corrected chi connectivity index (χ0v) is 25.6. The smallest absolute Gasteiger partial charge is 0.414 e. The molecule has 0 fully saturated rings. The number of sulfonamides is 1. The number of ether oxygens (including phenoxy) is 1. The molecule has 1 atom stereocenters. The van der Waals surface area contributed by atoms with Crippen molar-refractivity contribution in [3.8, 4) is 5.75 Å². The Morgan fingerprint density at radius 3 is 2.16 bits per heavy atom. The molecule has 0 spiro atoms. The number of alkyl halides is 3. The van der Waals surface area contributed by atoms with Crippen LogP contribution in [0.3, 0.4) is 0 Å². The lowest BCUT2D eigenvalue weighted by Crippen LogP contribution is -2.48. The maximum atomic E-state index is 15.2. The van der Waals surface area contributed by atoms with Crippen LogP contribution in [-0.2, 0) is 21.2 Å². The van der Waals surface area contributed by atoms with Crippen molar-refractivity contribution in [3.05, 3.63) is 66.1 Å². The van der Waals surface area contributed by atoms with Gasteiger partial charge in [-0.25, -0.2) is 31.8 Å². The minimum Gasteiger partial charge on any atom is -0.480 e. The van der Waals surface area contributed by atoms with Gasteiger partial charge >= 0.3 is 18.1 Å². The van der Waals surface area contributed by atoms with Crippen LogP contribution in [0.1, 0.15) is 19.4 Å². The van der Waals surface area contributed by atoms with E-state index in [0.29, 0.717) is 18.7 Å². The van der Waals surface area contributed by atoms with E-state index in [1.165, 1.54) is 43.3 Å². The molecule has 45 heavy (non-hydrogen) atoms. The molecule has 3 aromatic rings. The van der Waals surface area contributed by atoms with Crippen LogP contribution in [0.4, 0.5) is 39.8 Å². The first-order chi connectivity index (χ1) is 21.1. The Kier molecular flexibility index (Phi) is 11.1.